The lowest BCUT2D eigenvalue weighted by Crippen LogP contribution is -2.02. The molecule has 7 nitrogen and oxygen atoms in total. The average Bonchev–Trinajstić information content (AvgIpc) is 3.15. The molecule has 0 radical (unpaired) electrons. The van der Waals surface area contributed by atoms with Crippen LogP contribution in [0.5, 0.6) is 0 Å². The maximum absolute atomic E-state index is 11.3. The summed E-state index contributed by atoms with van der Waals surface area (Å²) in [4.78, 5) is 18.2. The quantitative estimate of drug-likeness (QED) is 0.517. The van der Waals surface area contributed by atoms with Crippen molar-refractivity contribution in [2.75, 3.05) is 0 Å². The van der Waals surface area contributed by atoms with Gasteiger partial charge in [-0.2, -0.15) is 0 Å². The molecule has 0 atom stereocenters. The van der Waals surface area contributed by atoms with Gasteiger partial charge in [0.2, 0.25) is 0 Å². The van der Waals surface area contributed by atoms with Crippen LogP contribution in [0.2, 0.25) is 0 Å². The van der Waals surface area contributed by atoms with Gasteiger partial charge in [-0.1, -0.05) is 5.11 Å². The van der Waals surface area contributed by atoms with Gasteiger partial charge in [-0.05, 0) is 35.9 Å². The van der Waals surface area contributed by atoms with Crippen LogP contribution in [0.4, 0.5) is 0 Å². The van der Waals surface area contributed by atoms with Crippen LogP contribution in [0.25, 0.3) is 16.1 Å². The third-order valence-electron chi connectivity index (χ3n) is 3.20. The Morgan fingerprint density at radius 3 is 3.00 bits per heavy atom. The van der Waals surface area contributed by atoms with Crippen molar-refractivity contribution in [1.82, 2.24) is 9.38 Å². The minimum atomic E-state index is -0.992. The molecule has 7 heteroatoms. The molecule has 0 saturated heterocycles. The zero-order valence-electron chi connectivity index (χ0n) is 10.0. The molecule has 0 spiro atoms. The fourth-order valence-corrected chi connectivity index (χ4v) is 2.15. The van der Waals surface area contributed by atoms with Crippen molar-refractivity contribution in [2.45, 2.75) is 25.3 Å². The van der Waals surface area contributed by atoms with Gasteiger partial charge in [0.05, 0.1) is 12.2 Å². The van der Waals surface area contributed by atoms with Crippen LogP contribution in [-0.2, 0) is 6.54 Å². The molecule has 1 aliphatic rings. The third-order valence-corrected chi connectivity index (χ3v) is 3.20. The summed E-state index contributed by atoms with van der Waals surface area (Å²) in [7, 11) is 0. The van der Waals surface area contributed by atoms with E-state index in [-0.39, 0.29) is 12.1 Å². The smallest absolute Gasteiger partial charge is 0.339 e. The first-order valence-electron chi connectivity index (χ1n) is 5.94. The summed E-state index contributed by atoms with van der Waals surface area (Å²) in [5.41, 5.74) is 10.5. The molecular weight excluding hydrogens is 246 g/mol. The molecule has 0 amide bonds. The van der Waals surface area contributed by atoms with Crippen molar-refractivity contribution < 1.29 is 9.90 Å². The molecule has 19 heavy (non-hydrogen) atoms. The Kier molecular flexibility index (Phi) is 2.61. The number of aromatic carboxylic acids is 1. The highest BCUT2D eigenvalue weighted by Crippen LogP contribution is 2.40. The Labute approximate surface area is 108 Å². The Morgan fingerprint density at radius 2 is 2.37 bits per heavy atom. The molecule has 96 valence electrons. The summed E-state index contributed by atoms with van der Waals surface area (Å²) in [6, 6.07) is 1.69. The van der Waals surface area contributed by atoms with E-state index in [0.717, 1.165) is 18.4 Å². The number of fused-ring (bicyclic) bond motifs is 1. The van der Waals surface area contributed by atoms with E-state index in [0.29, 0.717) is 17.3 Å². The van der Waals surface area contributed by atoms with Crippen LogP contribution >= 0.6 is 0 Å². The summed E-state index contributed by atoms with van der Waals surface area (Å²) in [5, 5.41) is 12.7. The van der Waals surface area contributed by atoms with E-state index < -0.39 is 5.97 Å². The lowest BCUT2D eigenvalue weighted by Gasteiger charge is -2.03. The number of nitrogens with zero attached hydrogens (tertiary/aromatic N) is 5. The Morgan fingerprint density at radius 1 is 1.58 bits per heavy atom. The van der Waals surface area contributed by atoms with Crippen LogP contribution < -0.4 is 0 Å². The van der Waals surface area contributed by atoms with Crippen LogP contribution in [-0.4, -0.2) is 20.5 Å². The molecule has 3 rings (SSSR count). The van der Waals surface area contributed by atoms with Gasteiger partial charge < -0.3 is 9.51 Å². The van der Waals surface area contributed by atoms with Crippen molar-refractivity contribution in [1.29, 1.82) is 0 Å². The van der Waals surface area contributed by atoms with Crippen molar-refractivity contribution in [2.24, 2.45) is 5.11 Å². The van der Waals surface area contributed by atoms with E-state index in [1.165, 1.54) is 0 Å². The maximum Gasteiger partial charge on any atom is 0.339 e. The van der Waals surface area contributed by atoms with E-state index >= 15 is 0 Å². The van der Waals surface area contributed by atoms with Crippen LogP contribution in [0.1, 0.15) is 40.4 Å². The monoisotopic (exact) mass is 257 g/mol. The number of rotatable bonds is 4. The summed E-state index contributed by atoms with van der Waals surface area (Å²) >= 11 is 0. The van der Waals surface area contributed by atoms with Crippen molar-refractivity contribution in [3.05, 3.63) is 45.7 Å². The fraction of sp³-hybridized carbons (Fsp3) is 0.333. The van der Waals surface area contributed by atoms with Crippen molar-refractivity contribution in [3.63, 3.8) is 0 Å². The van der Waals surface area contributed by atoms with E-state index in [1.54, 1.807) is 16.7 Å². The molecule has 0 unspecified atom stereocenters. The second-order valence-electron chi connectivity index (χ2n) is 4.62. The minimum absolute atomic E-state index is 0.121. The molecule has 2 heterocycles. The predicted octanol–water partition coefficient (Wildman–Crippen LogP) is 2.72. The Hall–Kier alpha value is -2.53. The number of imidazole rings is 1. The Balaban J connectivity index is 2.15. The average molecular weight is 257 g/mol. The lowest BCUT2D eigenvalue weighted by molar-refractivity contribution is 0.0698. The first-order chi connectivity index (χ1) is 9.19. The van der Waals surface area contributed by atoms with Gasteiger partial charge in [0.1, 0.15) is 5.56 Å². The van der Waals surface area contributed by atoms with Crippen LogP contribution in [0, 0.1) is 0 Å². The number of pyridine rings is 1. The predicted molar refractivity (Wildman–Crippen MR) is 67.0 cm³/mol. The molecule has 0 bridgehead atoms. The van der Waals surface area contributed by atoms with Gasteiger partial charge >= 0.3 is 5.97 Å². The number of hydrogen-bond acceptors (Lipinski definition) is 3. The first-order valence-corrected chi connectivity index (χ1v) is 5.94. The highest BCUT2D eigenvalue weighted by molar-refractivity contribution is 5.94. The molecule has 2 aromatic rings. The van der Waals surface area contributed by atoms with E-state index in [2.05, 4.69) is 15.0 Å². The summed E-state index contributed by atoms with van der Waals surface area (Å²) < 4.78 is 1.71. The maximum atomic E-state index is 11.3. The molecule has 2 aromatic heterocycles. The second-order valence-corrected chi connectivity index (χ2v) is 4.62. The van der Waals surface area contributed by atoms with E-state index in [9.17, 15) is 9.90 Å². The van der Waals surface area contributed by atoms with E-state index in [4.69, 9.17) is 5.53 Å². The number of carbonyl (C=O) groups is 1. The lowest BCUT2D eigenvalue weighted by atomic mass is 10.1. The van der Waals surface area contributed by atoms with Gasteiger partial charge in [-0.3, -0.25) is 0 Å². The number of aromatic nitrogens is 2. The zero-order valence-corrected chi connectivity index (χ0v) is 10.0. The Bertz CT molecular complexity index is 710. The number of carboxylic acid groups (broad SMARTS) is 1. The fourth-order valence-electron chi connectivity index (χ4n) is 2.15. The molecule has 1 saturated carbocycles. The standard InChI is InChI=1S/C12H11N5O2/c13-16-14-4-9-6-17-5-8(7-1-2-7)3-10(12(18)19)11(17)15-9/h3,5-7H,1-2,4H2,(H,18,19). The molecule has 1 N–H and O–H groups in total. The van der Waals surface area contributed by atoms with Gasteiger partial charge in [-0.25, -0.2) is 9.78 Å². The largest absolute Gasteiger partial charge is 0.478 e. The summed E-state index contributed by atoms with van der Waals surface area (Å²) in [6.45, 7) is 0.121. The SMILES string of the molecule is [N-]=[N+]=NCc1cn2cc(C3CC3)cc(C(=O)O)c2n1. The van der Waals surface area contributed by atoms with Gasteiger partial charge in [-0.15, -0.1) is 0 Å². The number of hydrogen-bond donors (Lipinski definition) is 1. The normalized spacial score (nSPS) is 14.3. The van der Waals surface area contributed by atoms with Crippen molar-refractivity contribution in [3.8, 4) is 0 Å². The van der Waals surface area contributed by atoms with Gasteiger partial charge in [0, 0.05) is 17.3 Å². The second kappa shape index (κ2) is 4.29. The number of carboxylic acids is 1. The van der Waals surface area contributed by atoms with E-state index in [1.807, 2.05) is 6.20 Å². The number of azide groups is 1. The van der Waals surface area contributed by atoms with Crippen LogP contribution in [0.15, 0.2) is 23.6 Å². The van der Waals surface area contributed by atoms with Gasteiger partial charge in [0.25, 0.3) is 0 Å². The zero-order chi connectivity index (χ0) is 13.4. The third kappa shape index (κ3) is 2.11. The van der Waals surface area contributed by atoms with Crippen molar-refractivity contribution >= 4 is 11.6 Å². The molecule has 1 aliphatic carbocycles. The van der Waals surface area contributed by atoms with Crippen LogP contribution in [0.3, 0.4) is 0 Å². The topological polar surface area (TPSA) is 103 Å². The highest BCUT2D eigenvalue weighted by atomic mass is 16.4. The molecule has 1 fully saturated rings. The first kappa shape index (κ1) is 11.6. The highest BCUT2D eigenvalue weighted by Gasteiger charge is 2.26. The minimum Gasteiger partial charge on any atom is -0.478 e. The van der Waals surface area contributed by atoms with Gasteiger partial charge in [0.15, 0.2) is 5.65 Å². The molecule has 0 aliphatic heterocycles. The summed E-state index contributed by atoms with van der Waals surface area (Å²) in [5.74, 6) is -0.529. The molecule has 0 aromatic carbocycles. The summed E-state index contributed by atoms with van der Waals surface area (Å²) in [6.07, 6.45) is 5.82. The molecular formula is C12H11N5O2.